The van der Waals surface area contributed by atoms with Crippen molar-refractivity contribution in [2.75, 3.05) is 32.8 Å². The van der Waals surface area contributed by atoms with Crippen LogP contribution in [0.1, 0.15) is 124 Å². The molecule has 0 spiro atoms. The Labute approximate surface area is 295 Å². The van der Waals surface area contributed by atoms with Gasteiger partial charge in [-0.05, 0) is 165 Å². The zero-order chi connectivity index (χ0) is 34.5. The van der Waals surface area contributed by atoms with Crippen LogP contribution >= 0.6 is 0 Å². The lowest BCUT2D eigenvalue weighted by Gasteiger charge is -2.72. The molecule has 1 N–H and O–H groups in total. The Morgan fingerprint density at radius 2 is 1.69 bits per heavy atom. The van der Waals surface area contributed by atoms with Gasteiger partial charge in [0.1, 0.15) is 0 Å². The van der Waals surface area contributed by atoms with Crippen LogP contribution in [0, 0.1) is 57.1 Å². The first-order valence-corrected chi connectivity index (χ1v) is 20.0. The number of rotatable bonds is 8. The third kappa shape index (κ3) is 5.10. The second-order valence-corrected chi connectivity index (χ2v) is 19.3. The molecule has 6 heteroatoms. The molecule has 0 bridgehead atoms. The van der Waals surface area contributed by atoms with Crippen molar-refractivity contribution in [3.63, 3.8) is 0 Å². The molecular formula is C43H63FN2O3. The van der Waals surface area contributed by atoms with E-state index in [1.165, 1.54) is 95.8 Å². The number of halogens is 1. The van der Waals surface area contributed by atoms with Gasteiger partial charge in [0.2, 0.25) is 0 Å². The summed E-state index contributed by atoms with van der Waals surface area (Å²) in [5.74, 6) is 2.82. The van der Waals surface area contributed by atoms with Crippen molar-refractivity contribution in [2.24, 2.45) is 51.2 Å². The molecule has 10 atom stereocenters. The van der Waals surface area contributed by atoms with Gasteiger partial charge in [-0.2, -0.15) is 0 Å². The van der Waals surface area contributed by atoms with Gasteiger partial charge in [0, 0.05) is 18.6 Å². The average Bonchev–Trinajstić information content (AvgIpc) is 3.69. The van der Waals surface area contributed by atoms with E-state index in [-0.39, 0.29) is 27.7 Å². The smallest absolute Gasteiger partial charge is 0.298 e. The monoisotopic (exact) mass is 674 g/mol. The van der Waals surface area contributed by atoms with E-state index in [1.54, 1.807) is 12.1 Å². The molecule has 1 aromatic carbocycles. The third-order valence-electron chi connectivity index (χ3n) is 17.2. The van der Waals surface area contributed by atoms with Crippen LogP contribution in [0.15, 0.2) is 24.3 Å². The maximum absolute atomic E-state index is 15.0. The average molecular weight is 675 g/mol. The van der Waals surface area contributed by atoms with Gasteiger partial charge in [0.05, 0.1) is 12.2 Å². The highest BCUT2D eigenvalue weighted by atomic mass is 19.1. The van der Waals surface area contributed by atoms with Crippen molar-refractivity contribution in [1.82, 2.24) is 10.2 Å². The zero-order valence-electron chi connectivity index (χ0n) is 31.3. The Hall–Kier alpha value is -1.76. The molecule has 270 valence electrons. The number of fused-ring (bicyclic) bond motifs is 7. The molecule has 0 aromatic heterocycles. The fourth-order valence-electron chi connectivity index (χ4n) is 14.5. The molecule has 0 radical (unpaired) electrons. The van der Waals surface area contributed by atoms with Crippen molar-refractivity contribution in [3.05, 3.63) is 35.7 Å². The number of carbonyl (C=O) groups is 1. The summed E-state index contributed by atoms with van der Waals surface area (Å²) in [7, 11) is 0. The molecule has 2 saturated heterocycles. The van der Waals surface area contributed by atoms with Crippen LogP contribution in [0.3, 0.4) is 0 Å². The fourth-order valence-corrected chi connectivity index (χ4v) is 14.5. The summed E-state index contributed by atoms with van der Waals surface area (Å²) in [4.78, 5) is 13.6. The molecule has 8 rings (SSSR count). The maximum Gasteiger partial charge on any atom is 0.298 e. The van der Waals surface area contributed by atoms with Crippen molar-refractivity contribution >= 4 is 12.0 Å². The van der Waals surface area contributed by atoms with E-state index < -0.39 is 5.82 Å². The Bertz CT molecular complexity index is 1480. The zero-order valence-corrected chi connectivity index (χ0v) is 31.3. The minimum atomic E-state index is -0.470. The topological polar surface area (TPSA) is 54.1 Å². The summed E-state index contributed by atoms with van der Waals surface area (Å²) in [5.41, 5.74) is 3.23. The summed E-state index contributed by atoms with van der Waals surface area (Å²) in [6.07, 6.45) is 18.1. The minimum Gasteiger partial charge on any atom is -0.426 e. The Morgan fingerprint density at radius 1 is 0.918 bits per heavy atom. The standard InChI is InChI=1S/C43H63FN2O3/c1-38(2)30(29-10-12-34(48-28-47)33(44)26-29)14-17-39(3)35(38)16-18-41(5)36(39)13-11-31-37-32(42(6)27-49-42)15-19-43(37,21-20-40(31,41)4)45-22-25-46-23-8-7-9-24-46/h10,12,14,26,28,31-32,35-37,45H,7-9,11,13,15-25,27H2,1-6H3/t31-,32-,35+,36-,37+,39+,40-,41-,42?,43+/m1/s1. The summed E-state index contributed by atoms with van der Waals surface area (Å²) < 4.78 is 26.2. The number of ether oxygens (including phenoxy) is 2. The number of benzene rings is 1. The lowest BCUT2D eigenvalue weighted by Crippen LogP contribution is -2.68. The second kappa shape index (κ2) is 11.9. The van der Waals surface area contributed by atoms with Crippen molar-refractivity contribution in [2.45, 2.75) is 130 Å². The summed E-state index contributed by atoms with van der Waals surface area (Å²) in [6.45, 7) is 21.5. The summed E-state index contributed by atoms with van der Waals surface area (Å²) in [5, 5.41) is 4.35. The van der Waals surface area contributed by atoms with Crippen LogP contribution in [-0.2, 0) is 9.53 Å². The van der Waals surface area contributed by atoms with E-state index in [4.69, 9.17) is 9.47 Å². The first kappa shape index (κ1) is 34.3. The van der Waals surface area contributed by atoms with E-state index in [2.05, 4.69) is 57.8 Å². The number of nitrogens with one attached hydrogen (secondary N) is 1. The lowest BCUT2D eigenvalue weighted by atomic mass is 9.33. The van der Waals surface area contributed by atoms with Gasteiger partial charge in [-0.15, -0.1) is 0 Å². The molecule has 2 aliphatic heterocycles. The molecule has 0 amide bonds. The number of piperidine rings is 1. The van der Waals surface area contributed by atoms with Crippen LogP contribution in [0.2, 0.25) is 0 Å². The van der Waals surface area contributed by atoms with Crippen molar-refractivity contribution < 1.29 is 18.7 Å². The molecule has 5 aliphatic carbocycles. The van der Waals surface area contributed by atoms with E-state index >= 15 is 0 Å². The number of likely N-dealkylation sites (tertiary alicyclic amines) is 1. The quantitative estimate of drug-likeness (QED) is 0.220. The second-order valence-electron chi connectivity index (χ2n) is 19.3. The van der Waals surface area contributed by atoms with Crippen LogP contribution in [0.4, 0.5) is 4.39 Å². The molecule has 2 heterocycles. The molecule has 1 unspecified atom stereocenters. The van der Waals surface area contributed by atoms with Gasteiger partial charge < -0.3 is 19.7 Å². The number of epoxide rings is 1. The van der Waals surface area contributed by atoms with Crippen molar-refractivity contribution in [3.8, 4) is 5.75 Å². The highest BCUT2D eigenvalue weighted by Gasteiger charge is 2.72. The highest BCUT2D eigenvalue weighted by molar-refractivity contribution is 5.72. The molecule has 1 aromatic rings. The molecule has 6 fully saturated rings. The Morgan fingerprint density at radius 3 is 2.41 bits per heavy atom. The first-order chi connectivity index (χ1) is 23.3. The number of hydrogen-bond acceptors (Lipinski definition) is 5. The van der Waals surface area contributed by atoms with E-state index in [1.807, 2.05) is 6.07 Å². The Kier molecular flexibility index (Phi) is 8.33. The molecule has 7 aliphatic rings. The van der Waals surface area contributed by atoms with E-state index in [9.17, 15) is 9.18 Å². The van der Waals surface area contributed by atoms with Gasteiger partial charge in [0.15, 0.2) is 11.6 Å². The van der Waals surface area contributed by atoms with Crippen molar-refractivity contribution in [1.29, 1.82) is 0 Å². The number of hydrogen-bond donors (Lipinski definition) is 1. The van der Waals surface area contributed by atoms with E-state index in [0.29, 0.717) is 41.0 Å². The normalized spacial score (nSPS) is 45.7. The molecule has 4 saturated carbocycles. The van der Waals surface area contributed by atoms with Crippen LogP contribution in [0.5, 0.6) is 5.75 Å². The van der Waals surface area contributed by atoms with Crippen LogP contribution in [-0.4, -0.2) is 55.3 Å². The molecule has 5 nitrogen and oxygen atoms in total. The molecular weight excluding hydrogens is 611 g/mol. The van der Waals surface area contributed by atoms with Gasteiger partial charge in [0.25, 0.3) is 6.47 Å². The summed E-state index contributed by atoms with van der Waals surface area (Å²) >= 11 is 0. The van der Waals surface area contributed by atoms with E-state index in [0.717, 1.165) is 31.1 Å². The first-order valence-electron chi connectivity index (χ1n) is 20.0. The largest absolute Gasteiger partial charge is 0.426 e. The highest BCUT2D eigenvalue weighted by Crippen LogP contribution is 2.77. The van der Waals surface area contributed by atoms with Gasteiger partial charge in [-0.3, -0.25) is 4.79 Å². The Balaban J connectivity index is 1.08. The predicted octanol–water partition coefficient (Wildman–Crippen LogP) is 9.05. The van der Waals surface area contributed by atoms with Crippen LogP contribution in [0.25, 0.3) is 5.57 Å². The number of carbonyl (C=O) groups excluding carboxylic acids is 1. The third-order valence-corrected chi connectivity index (χ3v) is 17.2. The van der Waals surface area contributed by atoms with Crippen LogP contribution < -0.4 is 10.1 Å². The molecule has 49 heavy (non-hydrogen) atoms. The number of allylic oxidation sites excluding steroid dienone is 2. The predicted molar refractivity (Wildman–Crippen MR) is 194 cm³/mol. The lowest BCUT2D eigenvalue weighted by molar-refractivity contribution is -0.221. The minimum absolute atomic E-state index is 0.00307. The number of nitrogens with zero attached hydrogens (tertiary/aromatic N) is 1. The fraction of sp³-hybridized carbons (Fsp3) is 0.791. The SMILES string of the molecule is CC1([C@@H]2CC[C@]3(NCCN4CCCCC4)CC[C@]4(C)[C@H](CC[C@@H]5[C@@]6(C)CC=C(c7ccc(OC=O)c(F)c7)C(C)(C)[C@@H]6CC[C@]54C)[C@@H]23)CO1. The maximum atomic E-state index is 15.0. The van der Waals surface area contributed by atoms with Gasteiger partial charge >= 0.3 is 0 Å². The van der Waals surface area contributed by atoms with Gasteiger partial charge in [-0.25, -0.2) is 4.39 Å². The summed E-state index contributed by atoms with van der Waals surface area (Å²) in [6, 6.07) is 5.12. The van der Waals surface area contributed by atoms with Gasteiger partial charge in [-0.1, -0.05) is 53.2 Å².